The van der Waals surface area contributed by atoms with Crippen LogP contribution in [-0.4, -0.2) is 28.1 Å². The summed E-state index contributed by atoms with van der Waals surface area (Å²) in [4.78, 5) is 33.6. The molecule has 6 nitrogen and oxygen atoms in total. The summed E-state index contributed by atoms with van der Waals surface area (Å²) < 4.78 is 0. The van der Waals surface area contributed by atoms with Crippen LogP contribution < -0.4 is 5.32 Å². The summed E-state index contributed by atoms with van der Waals surface area (Å²) in [5.74, 6) is -2.13. The van der Waals surface area contributed by atoms with Gasteiger partial charge in [-0.3, -0.25) is 4.79 Å². The lowest BCUT2D eigenvalue weighted by atomic mass is 9.86. The molecule has 0 saturated carbocycles. The Labute approximate surface area is 283 Å². The van der Waals surface area contributed by atoms with Gasteiger partial charge in [0.1, 0.15) is 0 Å². The molecule has 0 atom stereocenters. The molecule has 0 saturated heterocycles. The van der Waals surface area contributed by atoms with Crippen LogP contribution in [0.15, 0.2) is 132 Å². The van der Waals surface area contributed by atoms with E-state index < -0.39 is 11.9 Å². The normalized spacial score (nSPS) is 16.5. The molecule has 2 aliphatic rings. The topological polar surface area (TPSA) is 104 Å². The van der Waals surface area contributed by atoms with Crippen molar-refractivity contribution < 1.29 is 24.6 Å². The zero-order valence-corrected chi connectivity index (χ0v) is 27.8. The highest BCUT2D eigenvalue weighted by Gasteiger charge is 2.14. The highest BCUT2D eigenvalue weighted by atomic mass is 16.4. The average molecular weight is 642 g/mol. The van der Waals surface area contributed by atoms with Crippen molar-refractivity contribution >= 4 is 34.7 Å². The average Bonchev–Trinajstić information content (AvgIpc) is 3.05. The number of rotatable bonds is 8. The van der Waals surface area contributed by atoms with Crippen LogP contribution in [0.1, 0.15) is 79.1 Å². The van der Waals surface area contributed by atoms with Gasteiger partial charge in [0, 0.05) is 17.8 Å². The minimum atomic E-state index is -0.988. The van der Waals surface area contributed by atoms with Crippen LogP contribution in [0.2, 0.25) is 0 Å². The molecule has 0 aliphatic heterocycles. The van der Waals surface area contributed by atoms with Crippen LogP contribution in [0.5, 0.6) is 0 Å². The molecule has 0 aromatic heterocycles. The Bertz CT molecular complexity index is 1830. The smallest absolute Gasteiger partial charge is 0.335 e. The number of nitrogens with one attached hydrogen (secondary N) is 1. The van der Waals surface area contributed by atoms with E-state index in [9.17, 15) is 14.4 Å². The summed E-state index contributed by atoms with van der Waals surface area (Å²) in [5, 5.41) is 20.3. The number of carboxylic acids is 2. The van der Waals surface area contributed by atoms with Gasteiger partial charge in [-0.15, -0.1) is 0 Å². The number of carbonyl (C=O) groups is 3. The predicted molar refractivity (Wildman–Crippen MR) is 195 cm³/mol. The van der Waals surface area contributed by atoms with Gasteiger partial charge < -0.3 is 15.5 Å². The van der Waals surface area contributed by atoms with E-state index >= 15 is 0 Å². The molecule has 0 spiro atoms. The second-order valence-electron chi connectivity index (χ2n) is 12.1. The number of aliphatic carboxylic acids is 1. The molecule has 0 radical (unpaired) electrons. The fraction of sp³-hybridized carbons (Fsp3) is 0.214. The summed E-state index contributed by atoms with van der Waals surface area (Å²) in [7, 11) is 0. The molecular formula is C42H43NO5. The van der Waals surface area contributed by atoms with Gasteiger partial charge in [0.25, 0.3) is 0 Å². The molecule has 0 unspecified atom stereocenters. The molecule has 1 amide bonds. The van der Waals surface area contributed by atoms with Crippen LogP contribution in [-0.2, 0) is 22.4 Å². The van der Waals surface area contributed by atoms with Crippen LogP contribution >= 0.6 is 0 Å². The number of aryl methyl sites for hydroxylation is 2. The van der Waals surface area contributed by atoms with E-state index in [2.05, 4.69) is 66.9 Å². The van der Waals surface area contributed by atoms with Gasteiger partial charge in [-0.1, -0.05) is 84.5 Å². The number of fused-ring (bicyclic) bond motifs is 2. The molecular weight excluding hydrogens is 598 g/mol. The lowest BCUT2D eigenvalue weighted by Crippen LogP contribution is -2.09. The van der Waals surface area contributed by atoms with Gasteiger partial charge in [0.2, 0.25) is 5.91 Å². The Balaban J connectivity index is 0.000000220. The molecule has 3 aromatic carbocycles. The standard InChI is InChI=1S/C22H21NO3.C20H22O2/c1-15(13-18-7-4-6-16-5-2-3-8-20(16)18)14-21(24)23-19-11-9-17(10-12-19)22(25)26;1-15(7-5-8-16(2)14-20(21)22)13-18-11-6-10-17-9-3-4-12-19(17)18/h2-3,5,8-14H,4,6-7H2,1H3,(H,23,24)(H,25,26);3-5,7-9,12-14H,6,10-11H2,1-2H3,(H,21,22)/b15-14-,18-13+;8-5-,15-7-,16-14+,18-13+. The monoisotopic (exact) mass is 641 g/mol. The minimum Gasteiger partial charge on any atom is -0.478 e. The summed E-state index contributed by atoms with van der Waals surface area (Å²) >= 11 is 0. The molecule has 6 heteroatoms. The highest BCUT2D eigenvalue weighted by Crippen LogP contribution is 2.32. The number of hydrogen-bond acceptors (Lipinski definition) is 3. The van der Waals surface area contributed by atoms with Crippen molar-refractivity contribution in [2.75, 3.05) is 5.32 Å². The maximum atomic E-state index is 12.2. The third-order valence-corrected chi connectivity index (χ3v) is 8.14. The summed E-state index contributed by atoms with van der Waals surface area (Å²) in [5.41, 5.74) is 11.6. The van der Waals surface area contributed by atoms with Crippen molar-refractivity contribution in [3.05, 3.63) is 160 Å². The lowest BCUT2D eigenvalue weighted by molar-refractivity contribution is -0.131. The number of aromatic carboxylic acids is 1. The molecule has 0 heterocycles. The van der Waals surface area contributed by atoms with Gasteiger partial charge in [-0.2, -0.15) is 0 Å². The zero-order chi connectivity index (χ0) is 34.5. The Hall–Kier alpha value is -5.49. The van der Waals surface area contributed by atoms with Crippen LogP contribution in [0, 0.1) is 0 Å². The van der Waals surface area contributed by atoms with Crippen molar-refractivity contribution in [1.82, 2.24) is 0 Å². The maximum Gasteiger partial charge on any atom is 0.335 e. The number of anilines is 1. The number of carboxylic acid groups (broad SMARTS) is 2. The van der Waals surface area contributed by atoms with Crippen molar-refractivity contribution in [3.8, 4) is 0 Å². The number of amides is 1. The third kappa shape index (κ3) is 10.8. The van der Waals surface area contributed by atoms with E-state index in [-0.39, 0.29) is 11.5 Å². The van der Waals surface area contributed by atoms with E-state index in [0.717, 1.165) is 43.3 Å². The Morgan fingerprint density at radius 1 is 0.646 bits per heavy atom. The van der Waals surface area contributed by atoms with Crippen molar-refractivity contribution in [2.24, 2.45) is 0 Å². The molecule has 3 N–H and O–H groups in total. The zero-order valence-electron chi connectivity index (χ0n) is 27.8. The van der Waals surface area contributed by atoms with E-state index in [4.69, 9.17) is 10.2 Å². The first-order chi connectivity index (χ1) is 23.1. The Kier molecular flexibility index (Phi) is 12.8. The quantitative estimate of drug-likeness (QED) is 0.168. The van der Waals surface area contributed by atoms with E-state index in [1.807, 2.05) is 31.2 Å². The molecule has 246 valence electrons. The van der Waals surface area contributed by atoms with E-state index in [1.54, 1.807) is 25.1 Å². The van der Waals surface area contributed by atoms with E-state index in [1.165, 1.54) is 63.6 Å². The number of hydrogen-bond donors (Lipinski definition) is 3. The van der Waals surface area contributed by atoms with E-state index in [0.29, 0.717) is 5.69 Å². The molecule has 5 rings (SSSR count). The molecule has 3 aromatic rings. The number of allylic oxidation sites excluding steroid dienone is 10. The molecule has 0 bridgehead atoms. The second-order valence-corrected chi connectivity index (χ2v) is 12.1. The van der Waals surface area contributed by atoms with Crippen molar-refractivity contribution in [1.29, 1.82) is 0 Å². The first-order valence-electron chi connectivity index (χ1n) is 16.3. The van der Waals surface area contributed by atoms with Gasteiger partial charge >= 0.3 is 11.9 Å². The van der Waals surface area contributed by atoms with Gasteiger partial charge in [0.05, 0.1) is 5.56 Å². The van der Waals surface area contributed by atoms with Crippen LogP contribution in [0.4, 0.5) is 5.69 Å². The number of benzene rings is 3. The van der Waals surface area contributed by atoms with Gasteiger partial charge in [0.15, 0.2) is 0 Å². The first-order valence-corrected chi connectivity index (χ1v) is 16.3. The lowest BCUT2D eigenvalue weighted by Gasteiger charge is -2.19. The fourth-order valence-electron chi connectivity index (χ4n) is 5.93. The third-order valence-electron chi connectivity index (χ3n) is 8.14. The SMILES string of the molecule is CC(=C/C(=O)Nc1ccc(C(=O)O)cc1)/C=C1\CCCc2ccccc21.CC(=C/C=C\C(C)=C\C(=O)O)/C=C1\CCCc2ccccc21. The maximum absolute atomic E-state index is 12.2. The summed E-state index contributed by atoms with van der Waals surface area (Å²) in [6.45, 7) is 5.77. The number of carbonyl (C=O) groups excluding carboxylic acids is 1. The van der Waals surface area contributed by atoms with Gasteiger partial charge in [-0.05, 0) is 128 Å². The van der Waals surface area contributed by atoms with Crippen molar-refractivity contribution in [2.45, 2.75) is 59.3 Å². The van der Waals surface area contributed by atoms with Gasteiger partial charge in [-0.25, -0.2) is 9.59 Å². The predicted octanol–water partition coefficient (Wildman–Crippen LogP) is 9.63. The Morgan fingerprint density at radius 2 is 1.19 bits per heavy atom. The Morgan fingerprint density at radius 3 is 1.73 bits per heavy atom. The summed E-state index contributed by atoms with van der Waals surface area (Å²) in [6, 6.07) is 23.1. The largest absolute Gasteiger partial charge is 0.478 e. The summed E-state index contributed by atoms with van der Waals surface area (Å²) in [6.07, 6.45) is 19.5. The minimum absolute atomic E-state index is 0.190. The van der Waals surface area contributed by atoms with Crippen LogP contribution in [0.25, 0.3) is 11.1 Å². The van der Waals surface area contributed by atoms with Crippen molar-refractivity contribution in [3.63, 3.8) is 0 Å². The molecule has 48 heavy (non-hydrogen) atoms. The fourth-order valence-corrected chi connectivity index (χ4v) is 5.93. The molecule has 2 aliphatic carbocycles. The van der Waals surface area contributed by atoms with Crippen LogP contribution in [0.3, 0.4) is 0 Å². The second kappa shape index (κ2) is 17.4. The highest BCUT2D eigenvalue weighted by molar-refractivity contribution is 6.00. The molecule has 0 fully saturated rings. The first kappa shape index (κ1) is 35.4.